The predicted molar refractivity (Wildman–Crippen MR) is 104 cm³/mol. The van der Waals surface area contributed by atoms with Gasteiger partial charge >= 0.3 is 5.63 Å². The molecule has 2 aliphatic rings. The number of hydrogen-bond donors (Lipinski definition) is 1. The van der Waals surface area contributed by atoms with E-state index in [4.69, 9.17) is 16.0 Å². The Kier molecular flexibility index (Phi) is 4.98. The van der Waals surface area contributed by atoms with Gasteiger partial charge in [0.2, 0.25) is 0 Å². The smallest absolute Gasteiger partial charge is 0.339 e. The van der Waals surface area contributed by atoms with Crippen molar-refractivity contribution in [1.82, 2.24) is 4.90 Å². The average Bonchev–Trinajstić information content (AvgIpc) is 2.67. The lowest BCUT2D eigenvalue weighted by Crippen LogP contribution is -2.38. The first-order chi connectivity index (χ1) is 12.6. The van der Waals surface area contributed by atoms with Gasteiger partial charge in [-0.05, 0) is 63.1 Å². The van der Waals surface area contributed by atoms with Crippen LogP contribution in [0, 0.1) is 0 Å². The van der Waals surface area contributed by atoms with Crippen LogP contribution in [0.1, 0.15) is 62.1 Å². The fourth-order valence-electron chi connectivity index (χ4n) is 4.68. The average molecular weight is 376 g/mol. The highest BCUT2D eigenvalue weighted by atomic mass is 35.5. The topological polar surface area (TPSA) is 53.7 Å². The largest absolute Gasteiger partial charge is 0.506 e. The zero-order valence-electron chi connectivity index (χ0n) is 15.3. The highest BCUT2D eigenvalue weighted by Gasteiger charge is 2.26. The van der Waals surface area contributed by atoms with Crippen LogP contribution in [0.5, 0.6) is 5.75 Å². The SMILES string of the molecule is CC[C@@H]1CCCCN1Cc1c(O)c(Cl)cc2c3c(c(=O)oc12)CCCC3. The summed E-state index contributed by atoms with van der Waals surface area (Å²) in [4.78, 5) is 14.9. The fourth-order valence-corrected chi connectivity index (χ4v) is 4.90. The van der Waals surface area contributed by atoms with Crippen molar-refractivity contribution in [2.75, 3.05) is 6.54 Å². The molecule has 140 valence electrons. The van der Waals surface area contributed by atoms with E-state index in [2.05, 4.69) is 11.8 Å². The number of rotatable bonds is 3. The van der Waals surface area contributed by atoms with Crippen LogP contribution in [-0.2, 0) is 19.4 Å². The van der Waals surface area contributed by atoms with Gasteiger partial charge in [-0.25, -0.2) is 4.79 Å². The molecule has 2 aromatic rings. The molecule has 5 heteroatoms. The lowest BCUT2D eigenvalue weighted by molar-refractivity contribution is 0.135. The summed E-state index contributed by atoms with van der Waals surface area (Å²) in [5, 5.41) is 11.9. The Morgan fingerprint density at radius 1 is 1.23 bits per heavy atom. The van der Waals surface area contributed by atoms with Crippen molar-refractivity contribution >= 4 is 22.6 Å². The number of hydrogen-bond acceptors (Lipinski definition) is 4. The quantitative estimate of drug-likeness (QED) is 0.783. The van der Waals surface area contributed by atoms with Crippen LogP contribution in [0.25, 0.3) is 11.0 Å². The number of phenolic OH excluding ortho intramolecular Hbond substituents is 1. The number of nitrogens with zero attached hydrogens (tertiary/aromatic N) is 1. The maximum Gasteiger partial charge on any atom is 0.339 e. The van der Waals surface area contributed by atoms with Crippen LogP contribution < -0.4 is 5.63 Å². The van der Waals surface area contributed by atoms with Crippen molar-refractivity contribution in [1.29, 1.82) is 0 Å². The van der Waals surface area contributed by atoms with Crippen molar-refractivity contribution in [2.45, 2.75) is 70.9 Å². The highest BCUT2D eigenvalue weighted by Crippen LogP contribution is 2.39. The summed E-state index contributed by atoms with van der Waals surface area (Å²) in [7, 11) is 0. The normalized spacial score (nSPS) is 21.1. The molecule has 1 N–H and O–H groups in total. The van der Waals surface area contributed by atoms with Crippen LogP contribution in [0.4, 0.5) is 0 Å². The molecule has 0 bridgehead atoms. The van der Waals surface area contributed by atoms with E-state index in [9.17, 15) is 9.90 Å². The molecule has 1 atom stereocenters. The molecule has 1 aromatic heterocycles. The van der Waals surface area contributed by atoms with Gasteiger partial charge in [-0.1, -0.05) is 24.9 Å². The summed E-state index contributed by atoms with van der Waals surface area (Å²) in [5.74, 6) is 0.0542. The summed E-state index contributed by atoms with van der Waals surface area (Å²) in [5.41, 5.74) is 2.80. The maximum atomic E-state index is 12.5. The molecule has 1 aliphatic heterocycles. The van der Waals surface area contributed by atoms with Crippen LogP contribution in [0.15, 0.2) is 15.3 Å². The van der Waals surface area contributed by atoms with Crippen LogP contribution >= 0.6 is 11.6 Å². The molecule has 0 amide bonds. The Hall–Kier alpha value is -1.52. The highest BCUT2D eigenvalue weighted by molar-refractivity contribution is 6.33. The third-order valence-electron chi connectivity index (χ3n) is 6.12. The van der Waals surface area contributed by atoms with E-state index in [0.717, 1.165) is 61.6 Å². The summed E-state index contributed by atoms with van der Waals surface area (Å²) in [6.45, 7) is 3.78. The van der Waals surface area contributed by atoms with Crippen molar-refractivity contribution < 1.29 is 9.52 Å². The molecule has 4 nitrogen and oxygen atoms in total. The Bertz CT molecular complexity index is 889. The van der Waals surface area contributed by atoms with E-state index in [1.807, 2.05) is 0 Å². The minimum absolute atomic E-state index is 0.0542. The van der Waals surface area contributed by atoms with Gasteiger partial charge in [0.25, 0.3) is 0 Å². The van der Waals surface area contributed by atoms with Gasteiger partial charge in [-0.15, -0.1) is 0 Å². The second-order valence-electron chi connectivity index (χ2n) is 7.64. The minimum Gasteiger partial charge on any atom is -0.506 e. The first-order valence-corrected chi connectivity index (χ1v) is 10.2. The molecule has 0 saturated carbocycles. The number of piperidine rings is 1. The lowest BCUT2D eigenvalue weighted by Gasteiger charge is -2.35. The molecule has 1 saturated heterocycles. The molecule has 1 fully saturated rings. The van der Waals surface area contributed by atoms with Gasteiger partial charge in [0.15, 0.2) is 0 Å². The van der Waals surface area contributed by atoms with Gasteiger partial charge in [-0.3, -0.25) is 4.90 Å². The number of aryl methyl sites for hydroxylation is 1. The van der Waals surface area contributed by atoms with Gasteiger partial charge < -0.3 is 9.52 Å². The first-order valence-electron chi connectivity index (χ1n) is 9.83. The molecular formula is C21H26ClNO3. The van der Waals surface area contributed by atoms with E-state index in [-0.39, 0.29) is 11.4 Å². The molecule has 0 spiro atoms. The Morgan fingerprint density at radius 2 is 2.00 bits per heavy atom. The van der Waals surface area contributed by atoms with Crippen molar-refractivity contribution in [3.05, 3.63) is 38.2 Å². The number of aromatic hydroxyl groups is 1. The Balaban J connectivity index is 1.87. The standard InChI is InChI=1S/C21H26ClNO3/c1-2-13-7-5-6-10-23(13)12-17-19(24)18(22)11-16-14-8-3-4-9-15(14)21(25)26-20(16)17/h11,13,24H,2-10,12H2,1H3/t13-/m1/s1. The third-order valence-corrected chi connectivity index (χ3v) is 6.41. The van der Waals surface area contributed by atoms with Gasteiger partial charge in [0.1, 0.15) is 11.3 Å². The second-order valence-corrected chi connectivity index (χ2v) is 8.05. The number of phenols is 1. The molecule has 2 heterocycles. The monoisotopic (exact) mass is 375 g/mol. The number of fused-ring (bicyclic) bond motifs is 3. The number of likely N-dealkylation sites (tertiary alicyclic amines) is 1. The first kappa shape index (κ1) is 17.9. The van der Waals surface area contributed by atoms with Crippen LogP contribution in [0.3, 0.4) is 0 Å². The lowest BCUT2D eigenvalue weighted by atomic mass is 9.89. The van der Waals surface area contributed by atoms with Gasteiger partial charge in [-0.2, -0.15) is 0 Å². The Labute approximate surface area is 158 Å². The number of benzene rings is 1. The van der Waals surface area contributed by atoms with E-state index in [1.54, 1.807) is 6.07 Å². The zero-order chi connectivity index (χ0) is 18.3. The predicted octanol–water partition coefficient (Wildman–Crippen LogP) is 4.80. The van der Waals surface area contributed by atoms with E-state index in [1.165, 1.54) is 12.8 Å². The van der Waals surface area contributed by atoms with Gasteiger partial charge in [0.05, 0.1) is 10.6 Å². The molecule has 1 aliphatic carbocycles. The Morgan fingerprint density at radius 3 is 2.77 bits per heavy atom. The van der Waals surface area contributed by atoms with E-state index >= 15 is 0 Å². The molecule has 0 radical (unpaired) electrons. The third kappa shape index (κ3) is 3.03. The number of halogens is 1. The van der Waals surface area contributed by atoms with Gasteiger partial charge in [0, 0.05) is 23.5 Å². The molecular weight excluding hydrogens is 350 g/mol. The summed E-state index contributed by atoms with van der Waals surface area (Å²) >= 11 is 6.37. The van der Waals surface area contributed by atoms with Crippen LogP contribution in [0.2, 0.25) is 5.02 Å². The van der Waals surface area contributed by atoms with Crippen molar-refractivity contribution in [3.8, 4) is 5.75 Å². The molecule has 26 heavy (non-hydrogen) atoms. The summed E-state index contributed by atoms with van der Waals surface area (Å²) < 4.78 is 5.74. The maximum absolute atomic E-state index is 12.5. The van der Waals surface area contributed by atoms with Crippen molar-refractivity contribution in [2.24, 2.45) is 0 Å². The zero-order valence-corrected chi connectivity index (χ0v) is 16.1. The van der Waals surface area contributed by atoms with Crippen LogP contribution in [-0.4, -0.2) is 22.6 Å². The fraction of sp³-hybridized carbons (Fsp3) is 0.571. The van der Waals surface area contributed by atoms with Crippen molar-refractivity contribution in [3.63, 3.8) is 0 Å². The van der Waals surface area contributed by atoms with E-state index < -0.39 is 0 Å². The molecule has 4 rings (SSSR count). The minimum atomic E-state index is -0.249. The summed E-state index contributed by atoms with van der Waals surface area (Å²) in [6.07, 6.45) is 8.41. The molecule has 1 aromatic carbocycles. The second kappa shape index (κ2) is 7.24. The van der Waals surface area contributed by atoms with E-state index in [0.29, 0.717) is 28.8 Å². The molecule has 0 unspecified atom stereocenters. The summed E-state index contributed by atoms with van der Waals surface area (Å²) in [6, 6.07) is 2.28.